The van der Waals surface area contributed by atoms with Crippen LogP contribution in [-0.4, -0.2) is 19.8 Å². The standard InChI is InChI=1S/C12H15O2/c1-2-4-12(5-3-1)14-9-8-13-10-11-6-7-11/h2-5,11H,6-10H2. The number of hydrogen-bond donors (Lipinski definition) is 0. The van der Waals surface area contributed by atoms with Gasteiger partial charge in [-0.15, -0.1) is 0 Å². The number of benzene rings is 1. The Bertz CT molecular complexity index is 254. The van der Waals surface area contributed by atoms with Gasteiger partial charge in [0.1, 0.15) is 12.4 Å². The second-order valence-corrected chi connectivity index (χ2v) is 3.60. The third-order valence-electron chi connectivity index (χ3n) is 2.23. The molecule has 14 heavy (non-hydrogen) atoms. The van der Waals surface area contributed by atoms with Crippen LogP contribution in [0.25, 0.3) is 0 Å². The SMILES string of the molecule is [c]1ccc(OCCOCC2CC2)cc1. The molecule has 0 bridgehead atoms. The fraction of sp³-hybridized carbons (Fsp3) is 0.500. The van der Waals surface area contributed by atoms with Gasteiger partial charge < -0.3 is 9.47 Å². The Morgan fingerprint density at radius 1 is 1.21 bits per heavy atom. The van der Waals surface area contributed by atoms with E-state index in [1.165, 1.54) is 12.8 Å². The molecule has 2 rings (SSSR count). The molecule has 0 atom stereocenters. The predicted octanol–water partition coefficient (Wildman–Crippen LogP) is 2.29. The summed E-state index contributed by atoms with van der Waals surface area (Å²) in [6.45, 7) is 2.23. The van der Waals surface area contributed by atoms with Crippen LogP contribution in [-0.2, 0) is 4.74 Å². The highest BCUT2D eigenvalue weighted by atomic mass is 16.5. The van der Waals surface area contributed by atoms with E-state index in [1.807, 2.05) is 24.3 Å². The second kappa shape index (κ2) is 5.01. The topological polar surface area (TPSA) is 18.5 Å². The summed E-state index contributed by atoms with van der Waals surface area (Å²) in [5.74, 6) is 1.72. The lowest BCUT2D eigenvalue weighted by Gasteiger charge is -2.05. The molecule has 1 aliphatic rings. The maximum atomic E-state index is 5.46. The van der Waals surface area contributed by atoms with Gasteiger partial charge in [0.25, 0.3) is 0 Å². The largest absolute Gasteiger partial charge is 0.491 e. The third-order valence-corrected chi connectivity index (χ3v) is 2.23. The molecule has 2 nitrogen and oxygen atoms in total. The molecule has 0 spiro atoms. The minimum Gasteiger partial charge on any atom is -0.491 e. The second-order valence-electron chi connectivity index (χ2n) is 3.60. The first kappa shape index (κ1) is 9.53. The highest BCUT2D eigenvalue weighted by Gasteiger charge is 2.20. The van der Waals surface area contributed by atoms with Crippen molar-refractivity contribution in [2.75, 3.05) is 19.8 Å². The van der Waals surface area contributed by atoms with E-state index in [9.17, 15) is 0 Å². The Morgan fingerprint density at radius 2 is 2.00 bits per heavy atom. The summed E-state index contributed by atoms with van der Waals surface area (Å²) in [6.07, 6.45) is 2.69. The molecule has 1 fully saturated rings. The zero-order chi connectivity index (χ0) is 9.64. The summed E-state index contributed by atoms with van der Waals surface area (Å²) >= 11 is 0. The molecule has 1 saturated carbocycles. The van der Waals surface area contributed by atoms with Gasteiger partial charge in [0.2, 0.25) is 0 Å². The van der Waals surface area contributed by atoms with Gasteiger partial charge in [-0.05, 0) is 37.0 Å². The van der Waals surface area contributed by atoms with Crippen molar-refractivity contribution in [3.63, 3.8) is 0 Å². The van der Waals surface area contributed by atoms with Gasteiger partial charge in [-0.25, -0.2) is 0 Å². The normalized spacial score (nSPS) is 15.4. The van der Waals surface area contributed by atoms with Crippen LogP contribution < -0.4 is 4.74 Å². The average molecular weight is 191 g/mol. The van der Waals surface area contributed by atoms with Crippen molar-refractivity contribution in [1.29, 1.82) is 0 Å². The van der Waals surface area contributed by atoms with E-state index in [0.29, 0.717) is 13.2 Å². The van der Waals surface area contributed by atoms with Crippen molar-refractivity contribution in [2.24, 2.45) is 5.92 Å². The molecule has 2 heteroatoms. The van der Waals surface area contributed by atoms with Gasteiger partial charge in [-0.2, -0.15) is 0 Å². The van der Waals surface area contributed by atoms with Gasteiger partial charge in [-0.3, -0.25) is 0 Å². The van der Waals surface area contributed by atoms with Crippen molar-refractivity contribution in [3.8, 4) is 5.75 Å². The fourth-order valence-electron chi connectivity index (χ4n) is 1.22. The van der Waals surface area contributed by atoms with E-state index in [1.54, 1.807) is 0 Å². The van der Waals surface area contributed by atoms with Crippen LogP contribution in [0.3, 0.4) is 0 Å². The Kier molecular flexibility index (Phi) is 3.41. The van der Waals surface area contributed by atoms with Gasteiger partial charge in [-0.1, -0.05) is 12.1 Å². The molecule has 0 aliphatic heterocycles. The zero-order valence-electron chi connectivity index (χ0n) is 8.24. The maximum absolute atomic E-state index is 5.46. The van der Waals surface area contributed by atoms with E-state index in [2.05, 4.69) is 6.07 Å². The van der Waals surface area contributed by atoms with Gasteiger partial charge in [0, 0.05) is 6.61 Å². The number of hydrogen-bond acceptors (Lipinski definition) is 2. The van der Waals surface area contributed by atoms with E-state index in [0.717, 1.165) is 18.3 Å². The number of rotatable bonds is 6. The Labute approximate surface area is 84.8 Å². The Morgan fingerprint density at radius 3 is 2.71 bits per heavy atom. The van der Waals surface area contributed by atoms with Crippen molar-refractivity contribution >= 4 is 0 Å². The van der Waals surface area contributed by atoms with Gasteiger partial charge in [0.15, 0.2) is 0 Å². The van der Waals surface area contributed by atoms with Crippen molar-refractivity contribution in [1.82, 2.24) is 0 Å². The van der Waals surface area contributed by atoms with Crippen molar-refractivity contribution in [3.05, 3.63) is 30.3 Å². The number of ether oxygens (including phenoxy) is 2. The molecule has 0 saturated heterocycles. The summed E-state index contributed by atoms with van der Waals surface area (Å²) in [4.78, 5) is 0. The molecular formula is C12H15O2. The lowest BCUT2D eigenvalue weighted by Crippen LogP contribution is -2.08. The first-order valence-corrected chi connectivity index (χ1v) is 5.12. The van der Waals surface area contributed by atoms with E-state index in [-0.39, 0.29) is 0 Å². The average Bonchev–Trinajstić information content (AvgIpc) is 3.03. The quantitative estimate of drug-likeness (QED) is 0.642. The van der Waals surface area contributed by atoms with Crippen LogP contribution in [0.5, 0.6) is 5.75 Å². The molecule has 1 radical (unpaired) electrons. The monoisotopic (exact) mass is 191 g/mol. The smallest absolute Gasteiger partial charge is 0.119 e. The Hall–Kier alpha value is -1.02. The summed E-state index contributed by atoms with van der Waals surface area (Å²) in [6, 6.07) is 10.4. The first-order chi connectivity index (χ1) is 6.95. The molecule has 75 valence electrons. The van der Waals surface area contributed by atoms with Crippen LogP contribution in [0.15, 0.2) is 24.3 Å². The van der Waals surface area contributed by atoms with Gasteiger partial charge >= 0.3 is 0 Å². The lowest BCUT2D eigenvalue weighted by atomic mass is 10.3. The maximum Gasteiger partial charge on any atom is 0.119 e. The van der Waals surface area contributed by atoms with Crippen LogP contribution in [0.2, 0.25) is 0 Å². The molecule has 0 amide bonds. The first-order valence-electron chi connectivity index (χ1n) is 5.12. The molecular weight excluding hydrogens is 176 g/mol. The summed E-state index contributed by atoms with van der Waals surface area (Å²) in [5, 5.41) is 0. The van der Waals surface area contributed by atoms with E-state index in [4.69, 9.17) is 9.47 Å². The molecule has 1 aromatic rings. The van der Waals surface area contributed by atoms with Crippen LogP contribution in [0.4, 0.5) is 0 Å². The fourth-order valence-corrected chi connectivity index (χ4v) is 1.22. The summed E-state index contributed by atoms with van der Waals surface area (Å²) in [7, 11) is 0. The van der Waals surface area contributed by atoms with Gasteiger partial charge in [0.05, 0.1) is 6.61 Å². The van der Waals surface area contributed by atoms with Crippen molar-refractivity contribution < 1.29 is 9.47 Å². The van der Waals surface area contributed by atoms with E-state index < -0.39 is 0 Å². The summed E-state index contributed by atoms with van der Waals surface area (Å²) < 4.78 is 10.9. The predicted molar refractivity (Wildman–Crippen MR) is 54.3 cm³/mol. The highest BCUT2D eigenvalue weighted by Crippen LogP contribution is 2.28. The summed E-state index contributed by atoms with van der Waals surface area (Å²) in [5.41, 5.74) is 0. The third kappa shape index (κ3) is 3.38. The molecule has 0 heterocycles. The van der Waals surface area contributed by atoms with Crippen LogP contribution in [0, 0.1) is 12.0 Å². The Balaban J connectivity index is 1.54. The lowest BCUT2D eigenvalue weighted by molar-refractivity contribution is 0.0927. The van der Waals surface area contributed by atoms with Crippen molar-refractivity contribution in [2.45, 2.75) is 12.8 Å². The van der Waals surface area contributed by atoms with Crippen LogP contribution in [0.1, 0.15) is 12.8 Å². The molecule has 0 aromatic heterocycles. The highest BCUT2D eigenvalue weighted by molar-refractivity contribution is 5.20. The minimum absolute atomic E-state index is 0.636. The zero-order valence-corrected chi connectivity index (χ0v) is 8.24. The molecule has 1 aromatic carbocycles. The molecule has 0 N–H and O–H groups in total. The molecule has 0 unspecified atom stereocenters. The minimum atomic E-state index is 0.636. The molecule has 1 aliphatic carbocycles. The van der Waals surface area contributed by atoms with E-state index >= 15 is 0 Å². The van der Waals surface area contributed by atoms with Crippen LogP contribution >= 0.6 is 0 Å².